The van der Waals surface area contributed by atoms with E-state index in [1.54, 1.807) is 6.07 Å². The number of hydrogen-bond acceptors (Lipinski definition) is 8. The minimum atomic E-state index is -3.89. The van der Waals surface area contributed by atoms with Crippen LogP contribution in [0.1, 0.15) is 38.1 Å². The number of hydrogen-bond donors (Lipinski definition) is 2. The van der Waals surface area contributed by atoms with Gasteiger partial charge in [-0.05, 0) is 32.8 Å². The maximum atomic E-state index is 13.5. The molecule has 0 bridgehead atoms. The van der Waals surface area contributed by atoms with E-state index in [0.29, 0.717) is 35.6 Å². The van der Waals surface area contributed by atoms with Gasteiger partial charge < -0.3 is 10.2 Å². The number of piperazine rings is 1. The van der Waals surface area contributed by atoms with Crippen LogP contribution in [-0.4, -0.2) is 65.4 Å². The third-order valence-electron chi connectivity index (χ3n) is 6.09. The Kier molecular flexibility index (Phi) is 5.81. The van der Waals surface area contributed by atoms with Crippen LogP contribution in [0.4, 0.5) is 18.9 Å². The van der Waals surface area contributed by atoms with Crippen molar-refractivity contribution in [3.63, 3.8) is 0 Å². The molecule has 2 fully saturated rings. The van der Waals surface area contributed by atoms with Gasteiger partial charge in [-0.25, -0.2) is 31.3 Å². The Labute approximate surface area is 198 Å². The minimum Gasteiger partial charge on any atom is -0.367 e. The number of anilines is 1. The van der Waals surface area contributed by atoms with Gasteiger partial charge in [-0.15, -0.1) is 10.2 Å². The lowest BCUT2D eigenvalue weighted by atomic mass is 10.1. The summed E-state index contributed by atoms with van der Waals surface area (Å²) < 4.78 is 70.5. The van der Waals surface area contributed by atoms with Crippen LogP contribution >= 0.6 is 11.3 Å². The molecule has 1 saturated carbocycles. The predicted octanol–water partition coefficient (Wildman–Crippen LogP) is 2.76. The Hall–Kier alpha value is -2.29. The maximum Gasteiger partial charge on any atom is 0.291 e. The molecular weight excluding hydrogens is 491 g/mol. The maximum absolute atomic E-state index is 13.5. The summed E-state index contributed by atoms with van der Waals surface area (Å²) in [5.74, 6) is 0.209. The fourth-order valence-electron chi connectivity index (χ4n) is 4.17. The molecule has 2 unspecified atom stereocenters. The average molecular weight is 516 g/mol. The van der Waals surface area contributed by atoms with Crippen LogP contribution in [0.5, 0.6) is 0 Å². The molecule has 1 aliphatic carbocycles. The fraction of sp³-hybridized carbons (Fsp3) is 0.550. The number of nitrogens with one attached hydrogen (secondary N) is 2. The van der Waals surface area contributed by atoms with Crippen molar-refractivity contribution in [3.8, 4) is 10.8 Å². The molecular formula is C20H24F3N7O2S2. The number of imidazole rings is 1. The number of sulfonamides is 1. The largest absolute Gasteiger partial charge is 0.367 e. The van der Waals surface area contributed by atoms with E-state index in [2.05, 4.69) is 25.2 Å². The molecule has 34 heavy (non-hydrogen) atoms. The summed E-state index contributed by atoms with van der Waals surface area (Å²) in [4.78, 5) is 6.29. The molecule has 3 aromatic heterocycles. The first-order chi connectivity index (χ1) is 16.1. The zero-order valence-corrected chi connectivity index (χ0v) is 20.1. The Morgan fingerprint density at radius 2 is 2.09 bits per heavy atom. The van der Waals surface area contributed by atoms with E-state index in [9.17, 15) is 21.6 Å². The van der Waals surface area contributed by atoms with Crippen LogP contribution in [0, 0.1) is 0 Å². The molecule has 3 aromatic rings. The Morgan fingerprint density at radius 3 is 2.74 bits per heavy atom. The molecule has 0 radical (unpaired) electrons. The molecule has 0 amide bonds. The smallest absolute Gasteiger partial charge is 0.291 e. The van der Waals surface area contributed by atoms with Gasteiger partial charge in [0.15, 0.2) is 15.8 Å². The van der Waals surface area contributed by atoms with Crippen molar-refractivity contribution in [1.82, 2.24) is 29.6 Å². The van der Waals surface area contributed by atoms with Crippen LogP contribution < -0.4 is 14.9 Å². The second kappa shape index (κ2) is 8.43. The molecule has 1 saturated heterocycles. The van der Waals surface area contributed by atoms with Crippen molar-refractivity contribution in [2.75, 3.05) is 24.7 Å². The van der Waals surface area contributed by atoms with Crippen molar-refractivity contribution in [2.24, 2.45) is 0 Å². The molecule has 1 aliphatic heterocycles. The molecule has 9 nitrogen and oxygen atoms in total. The highest BCUT2D eigenvalue weighted by molar-refractivity contribution is 7.89. The SMILES string of the molecule is CC1CN(c2cc(S(=O)(=O)NC3(C)CC3)cn3c(-c4nnc(C(F)F)s4)ncc23)CC(CF)N1. The number of alkyl halides is 3. The van der Waals surface area contributed by atoms with Gasteiger partial charge in [-0.1, -0.05) is 11.3 Å². The van der Waals surface area contributed by atoms with Gasteiger partial charge in [0.2, 0.25) is 10.0 Å². The molecule has 2 N–H and O–H groups in total. The number of nitrogens with zero attached hydrogens (tertiary/aromatic N) is 5. The van der Waals surface area contributed by atoms with Crippen molar-refractivity contribution >= 4 is 32.6 Å². The molecule has 5 rings (SSSR count). The summed E-state index contributed by atoms with van der Waals surface area (Å²) in [6.07, 6.45) is 1.67. The van der Waals surface area contributed by atoms with Crippen LogP contribution in [-0.2, 0) is 10.0 Å². The summed E-state index contributed by atoms with van der Waals surface area (Å²) in [6, 6.07) is 1.12. The number of halogens is 3. The fourth-order valence-corrected chi connectivity index (χ4v) is 6.34. The number of aromatic nitrogens is 4. The number of pyridine rings is 1. The van der Waals surface area contributed by atoms with Crippen LogP contribution in [0.3, 0.4) is 0 Å². The average Bonchev–Trinajstić information content (AvgIpc) is 3.18. The summed E-state index contributed by atoms with van der Waals surface area (Å²) in [5.41, 5.74) is 0.639. The molecule has 0 aromatic carbocycles. The van der Waals surface area contributed by atoms with Crippen LogP contribution in [0.15, 0.2) is 23.4 Å². The molecule has 14 heteroatoms. The number of rotatable bonds is 7. The Balaban J connectivity index is 1.66. The summed E-state index contributed by atoms with van der Waals surface area (Å²) >= 11 is 0.699. The van der Waals surface area contributed by atoms with Crippen LogP contribution in [0.2, 0.25) is 0 Å². The van der Waals surface area contributed by atoms with Gasteiger partial charge in [0.05, 0.1) is 23.4 Å². The monoisotopic (exact) mass is 515 g/mol. The van der Waals surface area contributed by atoms with Crippen molar-refractivity contribution < 1.29 is 21.6 Å². The van der Waals surface area contributed by atoms with Gasteiger partial charge in [0.25, 0.3) is 6.43 Å². The van der Waals surface area contributed by atoms with E-state index in [1.165, 1.54) is 16.8 Å². The van der Waals surface area contributed by atoms with Gasteiger partial charge in [0, 0.05) is 30.9 Å². The lowest BCUT2D eigenvalue weighted by molar-refractivity contribution is 0.150. The van der Waals surface area contributed by atoms with E-state index in [4.69, 9.17) is 0 Å². The second-order valence-corrected chi connectivity index (χ2v) is 11.8. The third kappa shape index (κ3) is 4.39. The lowest BCUT2D eigenvalue weighted by Crippen LogP contribution is -2.56. The Bertz CT molecular complexity index is 1320. The highest BCUT2D eigenvalue weighted by Crippen LogP contribution is 2.37. The summed E-state index contributed by atoms with van der Waals surface area (Å²) in [6.45, 7) is 4.05. The Morgan fingerprint density at radius 1 is 1.32 bits per heavy atom. The van der Waals surface area contributed by atoms with E-state index in [1.807, 2.05) is 18.7 Å². The van der Waals surface area contributed by atoms with E-state index < -0.39 is 39.7 Å². The van der Waals surface area contributed by atoms with Gasteiger partial charge in [-0.3, -0.25) is 4.40 Å². The van der Waals surface area contributed by atoms with E-state index in [0.717, 1.165) is 12.8 Å². The highest BCUT2D eigenvalue weighted by Gasteiger charge is 2.41. The first kappa shape index (κ1) is 23.5. The van der Waals surface area contributed by atoms with E-state index in [-0.39, 0.29) is 21.8 Å². The lowest BCUT2D eigenvalue weighted by Gasteiger charge is -2.38. The summed E-state index contributed by atoms with van der Waals surface area (Å²) in [7, 11) is -3.89. The predicted molar refractivity (Wildman–Crippen MR) is 122 cm³/mol. The second-order valence-electron chi connectivity index (χ2n) is 9.13. The van der Waals surface area contributed by atoms with Gasteiger partial charge >= 0.3 is 0 Å². The van der Waals surface area contributed by atoms with Gasteiger partial charge in [-0.2, -0.15) is 0 Å². The van der Waals surface area contributed by atoms with Gasteiger partial charge in [0.1, 0.15) is 11.6 Å². The molecule has 2 atom stereocenters. The van der Waals surface area contributed by atoms with Crippen molar-refractivity contribution in [3.05, 3.63) is 23.5 Å². The standard InChI is InChI=1S/C20H24F3N7O2S2/c1-11-8-29(9-12(6-21)25-11)14-5-13(34(31,32)28-20(2)3-4-20)10-30-15(14)7-24-17(30)19-27-26-18(33-19)16(22)23/h5,7,10-12,16,25,28H,3-4,6,8-9H2,1-2H3. The summed E-state index contributed by atoms with van der Waals surface area (Å²) in [5, 5.41) is 10.2. The molecule has 184 valence electrons. The molecule has 2 aliphatic rings. The topological polar surface area (TPSA) is 105 Å². The zero-order valence-electron chi connectivity index (χ0n) is 18.5. The molecule has 0 spiro atoms. The first-order valence-electron chi connectivity index (χ1n) is 10.8. The quantitative estimate of drug-likeness (QED) is 0.499. The van der Waals surface area contributed by atoms with Crippen molar-refractivity contribution in [2.45, 2.75) is 55.6 Å². The molecule has 4 heterocycles. The third-order valence-corrected chi connectivity index (χ3v) is 8.62. The van der Waals surface area contributed by atoms with Crippen LogP contribution in [0.25, 0.3) is 16.3 Å². The minimum absolute atomic E-state index is 0.00366. The normalized spacial score (nSPS) is 22.6. The first-order valence-corrected chi connectivity index (χ1v) is 13.1. The highest BCUT2D eigenvalue weighted by atomic mass is 32.2. The van der Waals surface area contributed by atoms with E-state index >= 15 is 0 Å². The van der Waals surface area contributed by atoms with Crippen molar-refractivity contribution in [1.29, 1.82) is 0 Å². The zero-order chi connectivity index (χ0) is 24.3. The number of fused-ring (bicyclic) bond motifs is 1.